The minimum atomic E-state index is -0.525. The van der Waals surface area contributed by atoms with Gasteiger partial charge in [-0.1, -0.05) is 6.92 Å². The number of nitrogens with one attached hydrogen (secondary N) is 1. The molecule has 5 nitrogen and oxygen atoms in total. The molecule has 1 aliphatic rings. The van der Waals surface area contributed by atoms with Gasteiger partial charge in [0.1, 0.15) is 0 Å². The average molecular weight is 213 g/mol. The summed E-state index contributed by atoms with van der Waals surface area (Å²) in [6.07, 6.45) is 1.12. The largest absolute Gasteiger partial charge is 0.492 e. The molecule has 1 aliphatic heterocycles. The fourth-order valence-corrected chi connectivity index (χ4v) is 1.23. The molecule has 0 aromatic carbocycles. The molecule has 84 valence electrons. The van der Waals surface area contributed by atoms with E-state index in [4.69, 9.17) is 9.47 Å². The van der Waals surface area contributed by atoms with Crippen LogP contribution in [0.1, 0.15) is 26.7 Å². The Morgan fingerprint density at radius 1 is 1.53 bits per heavy atom. The first kappa shape index (κ1) is 11.6. The minimum Gasteiger partial charge on any atom is -0.492 e. The van der Waals surface area contributed by atoms with Gasteiger partial charge in [0.2, 0.25) is 5.91 Å². The van der Waals surface area contributed by atoms with Gasteiger partial charge in [0, 0.05) is 6.42 Å². The summed E-state index contributed by atoms with van der Waals surface area (Å²) >= 11 is 0. The maximum Gasteiger partial charge on any atom is 0.358 e. The highest BCUT2D eigenvalue weighted by Crippen LogP contribution is 2.14. The number of cyclic esters (lactones) is 1. The number of rotatable bonds is 5. The number of amides is 1. The summed E-state index contributed by atoms with van der Waals surface area (Å²) in [7, 11) is 0. The zero-order valence-electron chi connectivity index (χ0n) is 8.96. The van der Waals surface area contributed by atoms with Crippen LogP contribution in [0.5, 0.6) is 0 Å². The van der Waals surface area contributed by atoms with Crippen molar-refractivity contribution >= 4 is 11.9 Å². The Hall–Kier alpha value is -1.52. The maximum absolute atomic E-state index is 11.3. The Morgan fingerprint density at radius 2 is 2.27 bits per heavy atom. The zero-order chi connectivity index (χ0) is 11.3. The van der Waals surface area contributed by atoms with Crippen LogP contribution in [0.15, 0.2) is 11.5 Å². The monoisotopic (exact) mass is 213 g/mol. The summed E-state index contributed by atoms with van der Waals surface area (Å²) in [5.41, 5.74) is 0.148. The third-order valence-corrected chi connectivity index (χ3v) is 1.88. The topological polar surface area (TPSA) is 64.6 Å². The summed E-state index contributed by atoms with van der Waals surface area (Å²) in [5.74, 6) is -0.307. The fourth-order valence-electron chi connectivity index (χ4n) is 1.23. The highest BCUT2D eigenvalue weighted by atomic mass is 16.6. The molecule has 0 saturated carbocycles. The number of hydrogen-bond donors (Lipinski definition) is 1. The van der Waals surface area contributed by atoms with Crippen LogP contribution in [-0.4, -0.2) is 25.1 Å². The molecule has 1 heterocycles. The van der Waals surface area contributed by atoms with Crippen molar-refractivity contribution in [2.24, 2.45) is 0 Å². The smallest absolute Gasteiger partial charge is 0.358 e. The molecule has 0 aliphatic carbocycles. The van der Waals surface area contributed by atoms with Crippen LogP contribution in [0.4, 0.5) is 0 Å². The van der Waals surface area contributed by atoms with Crippen molar-refractivity contribution in [1.82, 2.24) is 5.32 Å². The lowest BCUT2D eigenvalue weighted by atomic mass is 10.3. The van der Waals surface area contributed by atoms with Gasteiger partial charge >= 0.3 is 5.97 Å². The number of hydrogen-bond acceptors (Lipinski definition) is 4. The van der Waals surface area contributed by atoms with E-state index >= 15 is 0 Å². The lowest BCUT2D eigenvalue weighted by Crippen LogP contribution is -2.26. The van der Waals surface area contributed by atoms with Crippen molar-refractivity contribution in [1.29, 1.82) is 0 Å². The van der Waals surface area contributed by atoms with Crippen LogP contribution in [0.25, 0.3) is 0 Å². The molecule has 15 heavy (non-hydrogen) atoms. The van der Waals surface area contributed by atoms with Crippen LogP contribution < -0.4 is 5.32 Å². The molecule has 0 unspecified atom stereocenters. The summed E-state index contributed by atoms with van der Waals surface area (Å²) in [4.78, 5) is 22.5. The highest BCUT2D eigenvalue weighted by molar-refractivity contribution is 5.95. The molecule has 1 amide bonds. The first-order chi connectivity index (χ1) is 7.19. The maximum atomic E-state index is 11.3. The first-order valence-electron chi connectivity index (χ1n) is 5.02. The quantitative estimate of drug-likeness (QED) is 0.683. The van der Waals surface area contributed by atoms with Crippen molar-refractivity contribution < 1.29 is 19.1 Å². The second-order valence-corrected chi connectivity index (χ2v) is 3.11. The van der Waals surface area contributed by atoms with Gasteiger partial charge in [-0.05, 0) is 13.3 Å². The number of ether oxygens (including phenoxy) is 2. The van der Waals surface area contributed by atoms with Crippen molar-refractivity contribution in [3.63, 3.8) is 0 Å². The van der Waals surface area contributed by atoms with Gasteiger partial charge in [0.05, 0.1) is 6.61 Å². The van der Waals surface area contributed by atoms with E-state index in [1.807, 2.05) is 6.92 Å². The molecular formula is C10H15NO4. The second-order valence-electron chi connectivity index (χ2n) is 3.11. The Balaban J connectivity index is 2.66. The molecule has 0 saturated heterocycles. The molecule has 1 rings (SSSR count). The Labute approximate surface area is 88.4 Å². The molecule has 0 fully saturated rings. The standard InChI is InChI=1S/C10H15NO4/c1-3-5-8(12)11-9-7(14-4-2)6-15-10(9)13/h3-6H2,1-2H3,(H,11,12). The van der Waals surface area contributed by atoms with Crippen LogP contribution in [0, 0.1) is 0 Å². The van der Waals surface area contributed by atoms with Gasteiger partial charge in [-0.2, -0.15) is 0 Å². The third-order valence-electron chi connectivity index (χ3n) is 1.88. The van der Waals surface area contributed by atoms with E-state index in [0.717, 1.165) is 6.42 Å². The summed E-state index contributed by atoms with van der Waals surface area (Å²) in [5, 5.41) is 2.51. The summed E-state index contributed by atoms with van der Waals surface area (Å²) in [6.45, 7) is 4.25. The van der Waals surface area contributed by atoms with E-state index in [1.165, 1.54) is 0 Å². The van der Waals surface area contributed by atoms with E-state index in [9.17, 15) is 9.59 Å². The van der Waals surface area contributed by atoms with Gasteiger partial charge in [0.25, 0.3) is 0 Å². The highest BCUT2D eigenvalue weighted by Gasteiger charge is 2.27. The minimum absolute atomic E-state index is 0.106. The Bertz CT molecular complexity index is 296. The second kappa shape index (κ2) is 5.38. The lowest BCUT2D eigenvalue weighted by molar-refractivity contribution is -0.137. The van der Waals surface area contributed by atoms with Gasteiger partial charge in [-0.3, -0.25) is 4.79 Å². The molecule has 0 aromatic rings. The van der Waals surface area contributed by atoms with Gasteiger partial charge in [0.15, 0.2) is 18.1 Å². The fraction of sp³-hybridized carbons (Fsp3) is 0.600. The van der Waals surface area contributed by atoms with E-state index in [2.05, 4.69) is 5.32 Å². The van der Waals surface area contributed by atoms with Crippen molar-refractivity contribution in [3.8, 4) is 0 Å². The molecule has 0 aromatic heterocycles. The van der Waals surface area contributed by atoms with Crippen LogP contribution >= 0.6 is 0 Å². The van der Waals surface area contributed by atoms with Crippen LogP contribution in [0.2, 0.25) is 0 Å². The molecule has 5 heteroatoms. The van der Waals surface area contributed by atoms with Crippen LogP contribution in [-0.2, 0) is 19.1 Å². The molecule has 0 atom stereocenters. The number of carbonyl (C=O) groups excluding carboxylic acids is 2. The molecule has 0 bridgehead atoms. The predicted molar refractivity (Wildman–Crippen MR) is 52.7 cm³/mol. The average Bonchev–Trinajstić information content (AvgIpc) is 2.51. The molecule has 1 N–H and O–H groups in total. The normalized spacial score (nSPS) is 15.2. The molecule has 0 radical (unpaired) electrons. The van der Waals surface area contributed by atoms with Crippen molar-refractivity contribution in [2.45, 2.75) is 26.7 Å². The predicted octanol–water partition coefficient (Wildman–Crippen LogP) is 0.708. The summed E-state index contributed by atoms with van der Waals surface area (Å²) in [6, 6.07) is 0. The SMILES string of the molecule is CCCC(=O)NC1=C(OCC)COC1=O. The van der Waals surface area contributed by atoms with Gasteiger partial charge < -0.3 is 14.8 Å². The van der Waals surface area contributed by atoms with Crippen LogP contribution in [0.3, 0.4) is 0 Å². The Morgan fingerprint density at radius 3 is 2.87 bits per heavy atom. The lowest BCUT2D eigenvalue weighted by Gasteiger charge is -2.05. The third kappa shape index (κ3) is 2.97. The van der Waals surface area contributed by atoms with E-state index in [-0.39, 0.29) is 18.2 Å². The zero-order valence-corrected chi connectivity index (χ0v) is 8.96. The first-order valence-corrected chi connectivity index (χ1v) is 5.02. The van der Waals surface area contributed by atoms with E-state index in [0.29, 0.717) is 18.8 Å². The van der Waals surface area contributed by atoms with E-state index in [1.54, 1.807) is 6.92 Å². The van der Waals surface area contributed by atoms with Crippen molar-refractivity contribution in [2.75, 3.05) is 13.2 Å². The molecule has 0 spiro atoms. The Kier molecular flexibility index (Phi) is 4.15. The van der Waals surface area contributed by atoms with Gasteiger partial charge in [-0.15, -0.1) is 0 Å². The van der Waals surface area contributed by atoms with Gasteiger partial charge in [-0.25, -0.2) is 4.79 Å². The molecular weight excluding hydrogens is 198 g/mol. The summed E-state index contributed by atoms with van der Waals surface area (Å²) < 4.78 is 9.94. The van der Waals surface area contributed by atoms with Crippen molar-refractivity contribution in [3.05, 3.63) is 11.5 Å². The van der Waals surface area contributed by atoms with E-state index < -0.39 is 5.97 Å². The number of carbonyl (C=O) groups is 2. The number of esters is 1.